The van der Waals surface area contributed by atoms with Crippen LogP contribution in [0.15, 0.2) is 10.5 Å². The van der Waals surface area contributed by atoms with Crippen molar-refractivity contribution in [2.45, 2.75) is 39.2 Å². The summed E-state index contributed by atoms with van der Waals surface area (Å²) in [5, 5.41) is 0. The van der Waals surface area contributed by atoms with E-state index in [4.69, 9.17) is 15.5 Å². The highest BCUT2D eigenvalue weighted by molar-refractivity contribution is 9.10. The van der Waals surface area contributed by atoms with Gasteiger partial charge in [0.2, 0.25) is 0 Å². The maximum atomic E-state index is 11.8. The number of carbonyl (C=O) groups excluding carboxylic acids is 1. The maximum absolute atomic E-state index is 11.8. The van der Waals surface area contributed by atoms with Crippen LogP contribution < -0.4 is 10.5 Å². The van der Waals surface area contributed by atoms with E-state index in [0.29, 0.717) is 22.9 Å². The Labute approximate surface area is 156 Å². The molecule has 0 bridgehead atoms. The number of methoxy groups -OCH3 is 1. The van der Waals surface area contributed by atoms with Gasteiger partial charge in [0.25, 0.3) is 5.91 Å². The van der Waals surface area contributed by atoms with Crippen LogP contribution >= 0.6 is 15.9 Å². The Hall–Kier alpha value is -1.60. The van der Waals surface area contributed by atoms with E-state index in [-0.39, 0.29) is 0 Å². The van der Waals surface area contributed by atoms with Crippen molar-refractivity contribution in [2.24, 2.45) is 5.73 Å². The monoisotopic (exact) mass is 408 g/mol. The molecule has 1 atom stereocenters. The topological polar surface area (TPSA) is 73.4 Å². The fraction of sp³-hybridized carbons (Fsp3) is 0.556. The van der Waals surface area contributed by atoms with Crippen LogP contribution in [0.2, 0.25) is 0 Å². The molecule has 2 heterocycles. The van der Waals surface area contributed by atoms with E-state index in [1.54, 1.807) is 13.2 Å². The van der Waals surface area contributed by atoms with Crippen molar-refractivity contribution in [1.29, 1.82) is 0 Å². The average molecular weight is 409 g/mol. The number of aromatic nitrogens is 2. The van der Waals surface area contributed by atoms with E-state index in [9.17, 15) is 4.79 Å². The molecule has 136 valence electrons. The average Bonchev–Trinajstić information content (AvgIpc) is 2.78. The summed E-state index contributed by atoms with van der Waals surface area (Å²) in [5.74, 6) is 0.866. The molecule has 0 saturated carbocycles. The molecule has 1 aromatic carbocycles. The third-order valence-corrected chi connectivity index (χ3v) is 5.66. The molecule has 1 aliphatic rings. The lowest BCUT2D eigenvalue weighted by atomic mass is 10.1. The lowest BCUT2D eigenvalue weighted by Gasteiger charge is -2.25. The molecule has 7 heteroatoms. The minimum absolute atomic E-state index is 0.350. The Morgan fingerprint density at radius 3 is 2.88 bits per heavy atom. The zero-order valence-electron chi connectivity index (χ0n) is 15.0. The summed E-state index contributed by atoms with van der Waals surface area (Å²) in [6.45, 7) is 7.43. The van der Waals surface area contributed by atoms with Crippen molar-refractivity contribution < 1.29 is 9.53 Å². The first-order chi connectivity index (χ1) is 12.0. The minimum Gasteiger partial charge on any atom is -0.494 e. The summed E-state index contributed by atoms with van der Waals surface area (Å²) in [6, 6.07) is 2.10. The number of ether oxygens (including phenoxy) is 1. The molecule has 6 nitrogen and oxygen atoms in total. The number of hydrogen-bond acceptors (Lipinski definition) is 4. The highest BCUT2D eigenvalue weighted by atomic mass is 79.9. The summed E-state index contributed by atoms with van der Waals surface area (Å²) < 4.78 is 8.61. The van der Waals surface area contributed by atoms with Crippen LogP contribution in [0.4, 0.5) is 0 Å². The van der Waals surface area contributed by atoms with Crippen LogP contribution in [-0.2, 0) is 0 Å². The maximum Gasteiger partial charge on any atom is 0.252 e. The number of benzene rings is 1. The van der Waals surface area contributed by atoms with Crippen LogP contribution in [0.1, 0.15) is 48.4 Å². The molecule has 1 aromatic heterocycles. The molecule has 0 aliphatic carbocycles. The number of hydrogen-bond donors (Lipinski definition) is 1. The first-order valence-corrected chi connectivity index (χ1v) is 9.54. The lowest BCUT2D eigenvalue weighted by molar-refractivity contribution is 0.0997. The van der Waals surface area contributed by atoms with Crippen molar-refractivity contribution in [3.63, 3.8) is 0 Å². The number of amides is 1. The predicted molar refractivity (Wildman–Crippen MR) is 102 cm³/mol. The van der Waals surface area contributed by atoms with Crippen molar-refractivity contribution in [2.75, 3.05) is 26.7 Å². The van der Waals surface area contributed by atoms with Crippen LogP contribution in [0.3, 0.4) is 0 Å². The van der Waals surface area contributed by atoms with Gasteiger partial charge < -0.3 is 19.9 Å². The number of primary amides is 1. The van der Waals surface area contributed by atoms with Gasteiger partial charge in [0.15, 0.2) is 5.75 Å². The van der Waals surface area contributed by atoms with Crippen LogP contribution in [0.25, 0.3) is 11.0 Å². The van der Waals surface area contributed by atoms with Gasteiger partial charge in [0.1, 0.15) is 11.3 Å². The van der Waals surface area contributed by atoms with Gasteiger partial charge in [-0.2, -0.15) is 0 Å². The Morgan fingerprint density at radius 1 is 1.48 bits per heavy atom. The van der Waals surface area contributed by atoms with Gasteiger partial charge >= 0.3 is 0 Å². The molecule has 1 saturated heterocycles. The number of likely N-dealkylation sites (tertiary alicyclic amines) is 1. The van der Waals surface area contributed by atoms with Crippen molar-refractivity contribution in [1.82, 2.24) is 14.5 Å². The van der Waals surface area contributed by atoms with Crippen LogP contribution in [-0.4, -0.2) is 47.1 Å². The Balaban J connectivity index is 2.19. The molecule has 1 amide bonds. The first kappa shape index (κ1) is 18.2. The molecule has 1 unspecified atom stereocenters. The summed E-state index contributed by atoms with van der Waals surface area (Å²) >= 11 is 3.62. The number of likely N-dealkylation sites (N-methyl/N-ethyl adjacent to an activating group) is 1. The summed E-state index contributed by atoms with van der Waals surface area (Å²) in [6.07, 6.45) is 3.55. The third kappa shape index (κ3) is 3.27. The quantitative estimate of drug-likeness (QED) is 0.842. The number of imidazole rings is 1. The molecular formula is C18H25BrN4O2. The zero-order chi connectivity index (χ0) is 18.1. The fourth-order valence-corrected chi connectivity index (χ4v) is 4.46. The van der Waals surface area contributed by atoms with Gasteiger partial charge in [-0.1, -0.05) is 13.3 Å². The molecule has 25 heavy (non-hydrogen) atoms. The van der Waals surface area contributed by atoms with Gasteiger partial charge in [0.05, 0.1) is 18.2 Å². The Kier molecular flexibility index (Phi) is 5.34. The molecule has 3 rings (SSSR count). The second-order valence-electron chi connectivity index (χ2n) is 6.57. The normalized spacial score (nSPS) is 19.1. The molecule has 0 spiro atoms. The molecule has 0 radical (unpaired) electrons. The standard InChI is InChI=1S/C18H25BrN4O2/c1-4-22-8-6-5-7-12(10-22)23-11(2)21-15-16(23)14(19)9-13(18(20)24)17(15)25-3/h9,12H,4-8,10H2,1-3H3,(H2,20,24). The largest absolute Gasteiger partial charge is 0.494 e. The van der Waals surface area contributed by atoms with E-state index < -0.39 is 5.91 Å². The van der Waals surface area contributed by atoms with Crippen molar-refractivity contribution >= 4 is 32.9 Å². The number of nitrogens with two attached hydrogens (primary N) is 1. The Morgan fingerprint density at radius 2 is 2.24 bits per heavy atom. The summed E-state index contributed by atoms with van der Waals surface area (Å²) in [4.78, 5) is 19.0. The molecule has 2 N–H and O–H groups in total. The first-order valence-electron chi connectivity index (χ1n) is 8.75. The van der Waals surface area contributed by atoms with E-state index in [2.05, 4.69) is 32.3 Å². The predicted octanol–water partition coefficient (Wildman–Crippen LogP) is 3.26. The fourth-order valence-electron chi connectivity index (χ4n) is 3.85. The third-order valence-electron chi connectivity index (χ3n) is 5.06. The second kappa shape index (κ2) is 7.33. The van der Waals surface area contributed by atoms with E-state index in [1.165, 1.54) is 12.8 Å². The number of rotatable bonds is 4. The number of carbonyl (C=O) groups is 1. The van der Waals surface area contributed by atoms with E-state index >= 15 is 0 Å². The number of aryl methyl sites for hydroxylation is 1. The molecule has 2 aromatic rings. The van der Waals surface area contributed by atoms with Gasteiger partial charge in [-0.3, -0.25) is 4.79 Å². The van der Waals surface area contributed by atoms with E-state index in [0.717, 1.165) is 41.9 Å². The number of nitrogens with zero attached hydrogens (tertiary/aromatic N) is 3. The van der Waals surface area contributed by atoms with Gasteiger partial charge in [-0.25, -0.2) is 4.98 Å². The SMILES string of the molecule is CCN1CCCCC(n2c(C)nc3c(OC)c(C(N)=O)cc(Br)c32)C1. The number of halogens is 1. The molecular weight excluding hydrogens is 384 g/mol. The summed E-state index contributed by atoms with van der Waals surface area (Å²) in [5.41, 5.74) is 7.53. The summed E-state index contributed by atoms with van der Waals surface area (Å²) in [7, 11) is 1.55. The second-order valence-corrected chi connectivity index (χ2v) is 7.43. The van der Waals surface area contributed by atoms with Gasteiger partial charge in [0, 0.05) is 17.1 Å². The lowest BCUT2D eigenvalue weighted by Crippen LogP contribution is -2.30. The van der Waals surface area contributed by atoms with Gasteiger partial charge in [-0.15, -0.1) is 0 Å². The van der Waals surface area contributed by atoms with Crippen LogP contribution in [0.5, 0.6) is 5.75 Å². The molecule has 1 aliphatic heterocycles. The van der Waals surface area contributed by atoms with Crippen LogP contribution in [0, 0.1) is 6.92 Å². The molecule has 1 fully saturated rings. The highest BCUT2D eigenvalue weighted by Crippen LogP contribution is 2.38. The van der Waals surface area contributed by atoms with Crippen molar-refractivity contribution in [3.8, 4) is 5.75 Å². The number of fused-ring (bicyclic) bond motifs is 1. The minimum atomic E-state index is -0.515. The Bertz CT molecular complexity index is 802. The smallest absolute Gasteiger partial charge is 0.252 e. The van der Waals surface area contributed by atoms with Crippen molar-refractivity contribution in [3.05, 3.63) is 21.9 Å². The zero-order valence-corrected chi connectivity index (χ0v) is 16.6. The van der Waals surface area contributed by atoms with E-state index in [1.807, 2.05) is 6.92 Å². The van der Waals surface area contributed by atoms with Gasteiger partial charge in [-0.05, 0) is 54.9 Å². The highest BCUT2D eigenvalue weighted by Gasteiger charge is 2.26.